The number of nitro benzene ring substituents is 1. The number of carboxylic acid groups (broad SMARTS) is 1. The molecule has 1 saturated heterocycles. The molecule has 4 aromatic rings. The molecule has 1 fully saturated rings. The molecule has 10 nitrogen and oxygen atoms in total. The van der Waals surface area contributed by atoms with E-state index in [2.05, 4.69) is 22.1 Å². The zero-order chi connectivity index (χ0) is 31.0. The van der Waals surface area contributed by atoms with Gasteiger partial charge in [-0.2, -0.15) is 0 Å². The van der Waals surface area contributed by atoms with Crippen molar-refractivity contribution in [2.75, 3.05) is 13.1 Å². The molecule has 0 saturated carbocycles. The first-order chi connectivity index (χ1) is 21.2. The molecule has 0 bridgehead atoms. The monoisotopic (exact) mass is 612 g/mol. The number of nitro groups is 1. The molecule has 0 unspecified atom stereocenters. The Morgan fingerprint density at radius 2 is 1.59 bits per heavy atom. The number of rotatable bonds is 6. The van der Waals surface area contributed by atoms with Crippen LogP contribution in [-0.4, -0.2) is 50.0 Å². The molecule has 224 valence electrons. The Morgan fingerprint density at radius 3 is 2.18 bits per heavy atom. The Labute approximate surface area is 258 Å². The first kappa shape index (κ1) is 29.3. The van der Waals surface area contributed by atoms with Crippen molar-refractivity contribution in [2.45, 2.75) is 43.6 Å². The second-order valence-corrected chi connectivity index (χ2v) is 11.7. The number of aromatic nitrogens is 2. The van der Waals surface area contributed by atoms with Crippen LogP contribution in [0.15, 0.2) is 79.1 Å². The van der Waals surface area contributed by atoms with Gasteiger partial charge >= 0.3 is 12.1 Å². The molecule has 1 aliphatic carbocycles. The molecular weight excluding hydrogens is 584 g/mol. The fourth-order valence-corrected chi connectivity index (χ4v) is 6.62. The number of carbonyl (C=O) groups is 2. The molecule has 2 heterocycles. The lowest BCUT2D eigenvalue weighted by molar-refractivity contribution is -0.384. The molecule has 11 heteroatoms. The third-order valence-corrected chi connectivity index (χ3v) is 9.09. The molecule has 1 aromatic heterocycles. The first-order valence-corrected chi connectivity index (χ1v) is 14.7. The molecule has 2 aliphatic rings. The number of ether oxygens (including phenoxy) is 1. The summed E-state index contributed by atoms with van der Waals surface area (Å²) in [7, 11) is 0. The van der Waals surface area contributed by atoms with Crippen LogP contribution in [0.5, 0.6) is 0 Å². The first-order valence-electron chi connectivity index (χ1n) is 14.3. The van der Waals surface area contributed by atoms with Crippen molar-refractivity contribution in [3.05, 3.63) is 122 Å². The highest BCUT2D eigenvalue weighted by molar-refractivity contribution is 6.30. The normalized spacial score (nSPS) is 18.8. The number of piperidine rings is 1. The summed E-state index contributed by atoms with van der Waals surface area (Å²) in [6.07, 6.45) is 1.82. The van der Waals surface area contributed by atoms with Crippen LogP contribution < -0.4 is 0 Å². The SMILES string of the molecule is C[C@@H]1C[C@@H](OC(=O)c2ccc([N+](=O)[O-])cc2)c2ncnc(-c3ccc(C4(c5ccc(Cl)cc5)CCN(C(=O)O)CC4)cc3)c21. The highest BCUT2D eigenvalue weighted by Crippen LogP contribution is 2.46. The second-order valence-electron chi connectivity index (χ2n) is 11.3. The Hall–Kier alpha value is -4.83. The molecule has 44 heavy (non-hydrogen) atoms. The van der Waals surface area contributed by atoms with E-state index >= 15 is 0 Å². The van der Waals surface area contributed by atoms with Crippen LogP contribution in [0.25, 0.3) is 11.3 Å². The zero-order valence-electron chi connectivity index (χ0n) is 23.9. The fourth-order valence-electron chi connectivity index (χ4n) is 6.49. The van der Waals surface area contributed by atoms with Crippen LogP contribution in [0.2, 0.25) is 5.02 Å². The summed E-state index contributed by atoms with van der Waals surface area (Å²) in [5, 5.41) is 21.1. The topological polar surface area (TPSA) is 136 Å². The quantitative estimate of drug-likeness (QED) is 0.137. The lowest BCUT2D eigenvalue weighted by Gasteiger charge is -2.42. The van der Waals surface area contributed by atoms with Gasteiger partial charge in [-0.15, -0.1) is 0 Å². The van der Waals surface area contributed by atoms with Gasteiger partial charge < -0.3 is 14.7 Å². The summed E-state index contributed by atoms with van der Waals surface area (Å²) >= 11 is 6.19. The molecule has 0 radical (unpaired) electrons. The van der Waals surface area contributed by atoms with Gasteiger partial charge in [-0.25, -0.2) is 19.6 Å². The van der Waals surface area contributed by atoms with Crippen molar-refractivity contribution in [1.82, 2.24) is 14.9 Å². The van der Waals surface area contributed by atoms with Crippen molar-refractivity contribution in [3.8, 4) is 11.3 Å². The molecule has 1 amide bonds. The Morgan fingerprint density at radius 1 is 0.977 bits per heavy atom. The van der Waals surface area contributed by atoms with Crippen LogP contribution in [-0.2, 0) is 10.2 Å². The van der Waals surface area contributed by atoms with Crippen molar-refractivity contribution < 1.29 is 24.4 Å². The summed E-state index contributed by atoms with van der Waals surface area (Å²) in [5.74, 6) is -0.549. The number of hydrogen-bond acceptors (Lipinski definition) is 7. The van der Waals surface area contributed by atoms with Gasteiger partial charge in [0.15, 0.2) is 0 Å². The largest absolute Gasteiger partial charge is 0.465 e. The number of amides is 1. The van der Waals surface area contributed by atoms with Crippen LogP contribution >= 0.6 is 11.6 Å². The van der Waals surface area contributed by atoms with Crippen molar-refractivity contribution >= 4 is 29.4 Å². The minimum atomic E-state index is -0.909. The van der Waals surface area contributed by atoms with Crippen LogP contribution in [0.3, 0.4) is 0 Å². The average Bonchev–Trinajstić information content (AvgIpc) is 3.36. The number of esters is 1. The Balaban J connectivity index is 1.28. The summed E-state index contributed by atoms with van der Waals surface area (Å²) in [6.45, 7) is 2.90. The number of benzene rings is 3. The summed E-state index contributed by atoms with van der Waals surface area (Å²) < 4.78 is 5.83. The second kappa shape index (κ2) is 11.7. The minimum Gasteiger partial charge on any atom is -0.465 e. The molecule has 0 spiro atoms. The third kappa shape index (κ3) is 5.37. The highest BCUT2D eigenvalue weighted by Gasteiger charge is 2.40. The number of likely N-dealkylation sites (tertiary alicyclic amines) is 1. The van der Waals surface area contributed by atoms with E-state index in [0.29, 0.717) is 43.1 Å². The summed E-state index contributed by atoms with van der Waals surface area (Å²) in [6, 6.07) is 21.3. The predicted molar refractivity (Wildman–Crippen MR) is 163 cm³/mol. The Kier molecular flexibility index (Phi) is 7.77. The van der Waals surface area contributed by atoms with Crippen LogP contribution in [0.4, 0.5) is 10.5 Å². The number of non-ortho nitro benzene ring substituents is 1. The van der Waals surface area contributed by atoms with Crippen molar-refractivity contribution in [1.29, 1.82) is 0 Å². The van der Waals surface area contributed by atoms with Crippen molar-refractivity contribution in [2.24, 2.45) is 0 Å². The Bertz CT molecular complexity index is 1720. The molecule has 6 rings (SSSR count). The van der Waals surface area contributed by atoms with E-state index in [9.17, 15) is 24.8 Å². The highest BCUT2D eigenvalue weighted by atomic mass is 35.5. The summed E-state index contributed by atoms with van der Waals surface area (Å²) in [4.78, 5) is 45.5. The number of fused-ring (bicyclic) bond motifs is 1. The van der Waals surface area contributed by atoms with Gasteiger partial charge in [-0.1, -0.05) is 54.9 Å². The third-order valence-electron chi connectivity index (χ3n) is 8.84. The maximum atomic E-state index is 12.9. The number of hydrogen-bond donors (Lipinski definition) is 1. The number of halogens is 1. The lowest BCUT2D eigenvalue weighted by Crippen LogP contribution is -2.45. The number of carbonyl (C=O) groups excluding carboxylic acids is 1. The van der Waals surface area contributed by atoms with Gasteiger partial charge in [0.05, 0.1) is 21.9 Å². The molecule has 3 aromatic carbocycles. The van der Waals surface area contributed by atoms with E-state index in [1.807, 2.05) is 43.3 Å². The van der Waals surface area contributed by atoms with Crippen LogP contribution in [0, 0.1) is 10.1 Å². The van der Waals surface area contributed by atoms with Crippen molar-refractivity contribution in [3.63, 3.8) is 0 Å². The van der Waals surface area contributed by atoms with Gasteiger partial charge in [-0.3, -0.25) is 10.1 Å². The average molecular weight is 613 g/mol. The van der Waals surface area contributed by atoms with Gasteiger partial charge in [0.1, 0.15) is 12.4 Å². The van der Waals surface area contributed by atoms with Crippen LogP contribution in [0.1, 0.15) is 71.0 Å². The van der Waals surface area contributed by atoms with E-state index in [0.717, 1.165) is 27.9 Å². The van der Waals surface area contributed by atoms with E-state index in [-0.39, 0.29) is 22.6 Å². The lowest BCUT2D eigenvalue weighted by atomic mass is 9.68. The van der Waals surface area contributed by atoms with Gasteiger partial charge in [0, 0.05) is 46.8 Å². The molecule has 2 atom stereocenters. The maximum Gasteiger partial charge on any atom is 0.407 e. The fraction of sp³-hybridized carbons (Fsp3) is 0.273. The molecule has 1 aliphatic heterocycles. The molecular formula is C33H29ClN4O6. The van der Waals surface area contributed by atoms with E-state index in [1.165, 1.54) is 35.5 Å². The molecule has 1 N–H and O–H groups in total. The van der Waals surface area contributed by atoms with Gasteiger partial charge in [0.2, 0.25) is 0 Å². The predicted octanol–water partition coefficient (Wildman–Crippen LogP) is 7.17. The van der Waals surface area contributed by atoms with E-state index in [1.54, 1.807) is 0 Å². The van der Waals surface area contributed by atoms with E-state index < -0.39 is 23.1 Å². The smallest absolute Gasteiger partial charge is 0.407 e. The zero-order valence-corrected chi connectivity index (χ0v) is 24.6. The number of nitrogens with zero attached hydrogens (tertiary/aromatic N) is 4. The van der Waals surface area contributed by atoms with Gasteiger partial charge in [-0.05, 0) is 60.6 Å². The van der Waals surface area contributed by atoms with Gasteiger partial charge in [0.25, 0.3) is 5.69 Å². The standard InChI is InChI=1S/C33H29ClN4O6/c1-20-18-27(44-31(39)22-4-12-26(13-5-22)38(42)43)30-28(20)29(35-19-36-30)21-2-6-23(7-3-21)33(24-8-10-25(34)11-9-24)14-16-37(17-15-33)32(40)41/h2-13,19-20,27H,14-18H2,1H3,(H,40,41)/t20-,27-/m1/s1. The van der Waals surface area contributed by atoms with E-state index in [4.69, 9.17) is 16.3 Å². The maximum absolute atomic E-state index is 12.9. The summed E-state index contributed by atoms with van der Waals surface area (Å²) in [5.41, 5.74) is 5.17. The minimum absolute atomic E-state index is 0.0243.